The van der Waals surface area contributed by atoms with E-state index in [1.54, 1.807) is 13.8 Å². The molecule has 0 unspecified atom stereocenters. The molecule has 1 aromatic carbocycles. The molecule has 38 heavy (non-hydrogen) atoms. The van der Waals surface area contributed by atoms with Crippen molar-refractivity contribution >= 4 is 0 Å². The van der Waals surface area contributed by atoms with Crippen molar-refractivity contribution in [1.29, 1.82) is 0 Å². The van der Waals surface area contributed by atoms with Crippen molar-refractivity contribution in [3.63, 3.8) is 0 Å². The third-order valence-electron chi connectivity index (χ3n) is 9.72. The molecule has 0 heterocycles. The third-order valence-corrected chi connectivity index (χ3v) is 9.72. The lowest BCUT2D eigenvalue weighted by Gasteiger charge is -2.35. The molecular formula is C34H54O4. The van der Waals surface area contributed by atoms with E-state index in [1.165, 1.54) is 24.0 Å². The summed E-state index contributed by atoms with van der Waals surface area (Å²) in [4.78, 5) is 0. The number of benzene rings is 1. The lowest BCUT2D eigenvalue weighted by atomic mass is 9.72. The number of ether oxygens (including phenoxy) is 1. The molecule has 2 saturated carbocycles. The van der Waals surface area contributed by atoms with Gasteiger partial charge in [-0.2, -0.15) is 0 Å². The minimum atomic E-state index is -0.884. The largest absolute Gasteiger partial charge is 0.493 e. The highest BCUT2D eigenvalue weighted by Gasteiger charge is 2.56. The molecule has 0 bridgehead atoms. The number of aliphatic hydroxyl groups excluding tert-OH is 2. The van der Waals surface area contributed by atoms with Gasteiger partial charge in [0.05, 0.1) is 24.4 Å². The molecule has 3 N–H and O–H groups in total. The van der Waals surface area contributed by atoms with Crippen LogP contribution in [0.15, 0.2) is 47.6 Å². The minimum absolute atomic E-state index is 0.212. The van der Waals surface area contributed by atoms with Gasteiger partial charge in [-0.1, -0.05) is 82.9 Å². The molecule has 2 aliphatic carbocycles. The Morgan fingerprint density at radius 1 is 1.11 bits per heavy atom. The predicted molar refractivity (Wildman–Crippen MR) is 157 cm³/mol. The molecule has 214 valence electrons. The first-order valence-corrected chi connectivity index (χ1v) is 15.1. The van der Waals surface area contributed by atoms with Crippen molar-refractivity contribution in [2.45, 2.75) is 118 Å². The molecule has 1 spiro atoms. The van der Waals surface area contributed by atoms with Crippen LogP contribution in [-0.2, 0) is 5.60 Å². The highest BCUT2D eigenvalue weighted by atomic mass is 16.5. The van der Waals surface area contributed by atoms with E-state index in [2.05, 4.69) is 46.8 Å². The molecule has 0 amide bonds. The molecule has 3 rings (SSSR count). The number of allylic oxidation sites excluding steroid dienone is 3. The van der Waals surface area contributed by atoms with Gasteiger partial charge >= 0.3 is 0 Å². The lowest BCUT2D eigenvalue weighted by Crippen LogP contribution is -2.38. The zero-order valence-electron chi connectivity index (χ0n) is 25.0. The smallest absolute Gasteiger partial charge is 0.119 e. The number of rotatable bonds is 13. The molecular weight excluding hydrogens is 472 g/mol. The molecule has 4 nitrogen and oxygen atoms in total. The van der Waals surface area contributed by atoms with Gasteiger partial charge in [0.25, 0.3) is 0 Å². The van der Waals surface area contributed by atoms with Crippen LogP contribution in [0.3, 0.4) is 0 Å². The molecule has 0 aliphatic heterocycles. The van der Waals surface area contributed by atoms with Gasteiger partial charge in [0.1, 0.15) is 5.75 Å². The fraction of sp³-hybridized carbons (Fsp3) is 0.706. The molecule has 2 fully saturated rings. The summed E-state index contributed by atoms with van der Waals surface area (Å²) in [6.07, 6.45) is 11.5. The zero-order chi connectivity index (χ0) is 28.1. The fourth-order valence-corrected chi connectivity index (χ4v) is 6.54. The average molecular weight is 527 g/mol. The molecule has 6 atom stereocenters. The van der Waals surface area contributed by atoms with Crippen molar-refractivity contribution in [1.82, 2.24) is 0 Å². The number of hydrogen-bond donors (Lipinski definition) is 3. The third kappa shape index (κ3) is 7.52. The number of unbranched alkanes of at least 4 members (excludes halogenated alkanes) is 1. The van der Waals surface area contributed by atoms with Gasteiger partial charge in [-0.15, -0.1) is 0 Å². The number of hydrogen-bond acceptors (Lipinski definition) is 4. The van der Waals surface area contributed by atoms with Gasteiger partial charge in [-0.25, -0.2) is 0 Å². The van der Waals surface area contributed by atoms with Gasteiger partial charge in [0.15, 0.2) is 0 Å². The van der Waals surface area contributed by atoms with Crippen molar-refractivity contribution in [3.8, 4) is 5.75 Å². The van der Waals surface area contributed by atoms with E-state index in [0.717, 1.165) is 37.0 Å². The van der Waals surface area contributed by atoms with Crippen molar-refractivity contribution in [2.75, 3.05) is 6.61 Å². The van der Waals surface area contributed by atoms with Gasteiger partial charge in [-0.3, -0.25) is 0 Å². The van der Waals surface area contributed by atoms with E-state index in [0.29, 0.717) is 43.1 Å². The molecule has 2 aliphatic rings. The van der Waals surface area contributed by atoms with Crippen LogP contribution in [0, 0.1) is 29.1 Å². The number of aliphatic hydroxyl groups is 3. The van der Waals surface area contributed by atoms with E-state index in [9.17, 15) is 15.3 Å². The SMILES string of the molecule is CCCC/C(=C\C=C1C[C@@H](O)C2(CC2)[C@H](O)C1)[C@H](C)[C@@H](C)[C@H](CC)[C@@H](C)COc1cccc(C(C)(C)O)c1. The second-order valence-corrected chi connectivity index (χ2v) is 12.9. The summed E-state index contributed by atoms with van der Waals surface area (Å²) in [6, 6.07) is 7.80. The van der Waals surface area contributed by atoms with Gasteiger partial charge < -0.3 is 20.1 Å². The highest BCUT2D eigenvalue weighted by molar-refractivity contribution is 5.31. The van der Waals surface area contributed by atoms with Crippen LogP contribution in [0.2, 0.25) is 0 Å². The van der Waals surface area contributed by atoms with E-state index in [4.69, 9.17) is 4.74 Å². The van der Waals surface area contributed by atoms with E-state index < -0.39 is 17.8 Å². The summed E-state index contributed by atoms with van der Waals surface area (Å²) in [7, 11) is 0. The van der Waals surface area contributed by atoms with Crippen LogP contribution in [0.5, 0.6) is 5.75 Å². The van der Waals surface area contributed by atoms with E-state index >= 15 is 0 Å². The molecule has 1 aromatic rings. The Morgan fingerprint density at radius 2 is 1.76 bits per heavy atom. The Hall–Kier alpha value is -1.62. The zero-order valence-corrected chi connectivity index (χ0v) is 25.0. The standard InChI is InChI=1S/C34H54O4/c1-8-10-12-27(16-15-26-19-31(35)34(17-18-34)32(36)20-26)24(4)25(5)30(9-2)23(3)22-38-29-14-11-13-28(21-29)33(6,7)37/h11,13-16,21,23-25,30-32,35-37H,8-10,12,17-20,22H2,1-7H3/b27-16+/t23-,24+,25+,30+,31+,32+/m0/s1. The molecule has 4 heteroatoms. The van der Waals surface area contributed by atoms with Crippen LogP contribution in [0.25, 0.3) is 0 Å². The minimum Gasteiger partial charge on any atom is -0.493 e. The summed E-state index contributed by atoms with van der Waals surface area (Å²) >= 11 is 0. The molecule has 0 saturated heterocycles. The Labute approximate surface area is 232 Å². The normalized spacial score (nSPS) is 24.6. The maximum Gasteiger partial charge on any atom is 0.119 e. The maximum absolute atomic E-state index is 10.7. The van der Waals surface area contributed by atoms with Crippen molar-refractivity contribution < 1.29 is 20.1 Å². The van der Waals surface area contributed by atoms with Crippen molar-refractivity contribution in [3.05, 3.63) is 53.1 Å². The summed E-state index contributed by atoms with van der Waals surface area (Å²) in [5.74, 6) is 2.67. The van der Waals surface area contributed by atoms with Crippen LogP contribution in [0.1, 0.15) is 105 Å². The Kier molecular flexibility index (Phi) is 10.7. The highest BCUT2D eigenvalue weighted by Crippen LogP contribution is 2.57. The van der Waals surface area contributed by atoms with Crippen LogP contribution >= 0.6 is 0 Å². The van der Waals surface area contributed by atoms with Gasteiger partial charge in [0, 0.05) is 5.41 Å². The van der Waals surface area contributed by atoms with Gasteiger partial charge in [0.2, 0.25) is 0 Å². The summed E-state index contributed by atoms with van der Waals surface area (Å²) in [5.41, 5.74) is 2.42. The Morgan fingerprint density at radius 3 is 2.32 bits per heavy atom. The Balaban J connectivity index is 1.68. The fourth-order valence-electron chi connectivity index (χ4n) is 6.54. The van der Waals surface area contributed by atoms with Crippen LogP contribution in [0.4, 0.5) is 0 Å². The second kappa shape index (κ2) is 13.2. The van der Waals surface area contributed by atoms with Crippen molar-refractivity contribution in [2.24, 2.45) is 29.1 Å². The summed E-state index contributed by atoms with van der Waals surface area (Å²) in [6.45, 7) is 15.8. The monoisotopic (exact) mass is 526 g/mol. The maximum atomic E-state index is 10.7. The van der Waals surface area contributed by atoms with E-state index in [-0.39, 0.29) is 5.41 Å². The van der Waals surface area contributed by atoms with Gasteiger partial charge in [-0.05, 0) is 93.7 Å². The Bertz CT molecular complexity index is 935. The quantitative estimate of drug-likeness (QED) is 0.248. The average Bonchev–Trinajstić information content (AvgIpc) is 3.68. The molecule has 0 radical (unpaired) electrons. The predicted octanol–water partition coefficient (Wildman–Crippen LogP) is 7.57. The van der Waals surface area contributed by atoms with Crippen LogP contribution < -0.4 is 4.74 Å². The van der Waals surface area contributed by atoms with E-state index in [1.807, 2.05) is 24.3 Å². The summed E-state index contributed by atoms with van der Waals surface area (Å²) < 4.78 is 6.23. The molecule has 0 aromatic heterocycles. The van der Waals surface area contributed by atoms with Crippen LogP contribution in [-0.4, -0.2) is 34.1 Å². The second-order valence-electron chi connectivity index (χ2n) is 12.9. The lowest BCUT2D eigenvalue weighted by molar-refractivity contribution is -0.0225. The first-order chi connectivity index (χ1) is 17.9. The first-order valence-electron chi connectivity index (χ1n) is 15.1. The topological polar surface area (TPSA) is 69.9 Å². The first kappa shape index (κ1) is 30.9. The summed E-state index contributed by atoms with van der Waals surface area (Å²) in [5, 5.41) is 31.7.